The fraction of sp³-hybridized carbons (Fsp3) is 0.786. The van der Waals surface area contributed by atoms with Gasteiger partial charge in [0.05, 0.1) is 5.69 Å². The predicted molar refractivity (Wildman–Crippen MR) is 87.6 cm³/mol. The first-order valence-corrected chi connectivity index (χ1v) is 8.93. The van der Waals surface area contributed by atoms with E-state index < -0.39 is 0 Å². The summed E-state index contributed by atoms with van der Waals surface area (Å²) in [7, 11) is 0. The van der Waals surface area contributed by atoms with Gasteiger partial charge < -0.3 is 10.2 Å². The summed E-state index contributed by atoms with van der Waals surface area (Å²) in [5.74, 6) is 1.21. The van der Waals surface area contributed by atoms with Crippen molar-refractivity contribution in [1.82, 2.24) is 10.3 Å². The van der Waals surface area contributed by atoms with E-state index in [4.69, 9.17) is 4.98 Å². The minimum Gasteiger partial charge on any atom is -0.343 e. The number of rotatable bonds is 4. The van der Waals surface area contributed by atoms with Crippen LogP contribution in [0.5, 0.6) is 0 Å². The fourth-order valence-electron chi connectivity index (χ4n) is 2.20. The number of thiazole rings is 1. The molecule has 1 aromatic rings. The second kappa shape index (κ2) is 6.46. The summed E-state index contributed by atoms with van der Waals surface area (Å²) in [6, 6.07) is 1.10. The van der Waals surface area contributed by atoms with Gasteiger partial charge in [-0.05, 0) is 13.8 Å². The van der Waals surface area contributed by atoms with Gasteiger partial charge in [0.1, 0.15) is 0 Å². The summed E-state index contributed by atoms with van der Waals surface area (Å²) >= 11 is 3.93. The third-order valence-corrected chi connectivity index (χ3v) is 6.21. The summed E-state index contributed by atoms with van der Waals surface area (Å²) < 4.78 is 0. The maximum Gasteiger partial charge on any atom is 0.186 e. The molecular formula is C14H25N3S2. The number of hydrogen-bond donors (Lipinski definition) is 1. The maximum atomic E-state index is 4.79. The Morgan fingerprint density at radius 2 is 2.16 bits per heavy atom. The van der Waals surface area contributed by atoms with E-state index in [1.807, 2.05) is 11.3 Å². The molecule has 0 aliphatic carbocycles. The third-order valence-electron chi connectivity index (χ3n) is 3.68. The molecule has 19 heavy (non-hydrogen) atoms. The quantitative estimate of drug-likeness (QED) is 0.923. The highest BCUT2D eigenvalue weighted by atomic mass is 32.2. The first-order chi connectivity index (χ1) is 8.99. The topological polar surface area (TPSA) is 28.2 Å². The highest BCUT2D eigenvalue weighted by Crippen LogP contribution is 2.33. The number of aryl methyl sites for hydroxylation is 1. The second-order valence-electron chi connectivity index (χ2n) is 5.55. The van der Waals surface area contributed by atoms with Crippen molar-refractivity contribution in [2.75, 3.05) is 17.2 Å². The van der Waals surface area contributed by atoms with E-state index in [-0.39, 0.29) is 0 Å². The predicted octanol–water partition coefficient (Wildman–Crippen LogP) is 3.28. The third kappa shape index (κ3) is 3.64. The molecule has 1 saturated heterocycles. The monoisotopic (exact) mass is 299 g/mol. The highest BCUT2D eigenvalue weighted by molar-refractivity contribution is 8.00. The smallest absolute Gasteiger partial charge is 0.186 e. The number of hydrogen-bond acceptors (Lipinski definition) is 5. The lowest BCUT2D eigenvalue weighted by molar-refractivity contribution is 0.591. The Labute approximate surface area is 125 Å². The minimum absolute atomic E-state index is 0.523. The lowest BCUT2D eigenvalue weighted by atomic mass is 10.2. The molecule has 1 aromatic heterocycles. The molecule has 1 fully saturated rings. The summed E-state index contributed by atoms with van der Waals surface area (Å²) in [4.78, 5) is 8.65. The summed E-state index contributed by atoms with van der Waals surface area (Å²) in [6.45, 7) is 13.2. The van der Waals surface area contributed by atoms with E-state index >= 15 is 0 Å². The molecule has 0 amide bonds. The zero-order chi connectivity index (χ0) is 14.0. The van der Waals surface area contributed by atoms with Crippen LogP contribution in [0.4, 0.5) is 5.13 Å². The summed E-state index contributed by atoms with van der Waals surface area (Å²) in [5, 5.41) is 5.38. The van der Waals surface area contributed by atoms with E-state index in [2.05, 4.69) is 56.6 Å². The van der Waals surface area contributed by atoms with Gasteiger partial charge in [-0.15, -0.1) is 11.3 Å². The molecule has 1 aliphatic rings. The highest BCUT2D eigenvalue weighted by Gasteiger charge is 2.27. The van der Waals surface area contributed by atoms with Gasteiger partial charge >= 0.3 is 0 Å². The molecule has 2 heterocycles. The van der Waals surface area contributed by atoms with Gasteiger partial charge in [-0.3, -0.25) is 0 Å². The van der Waals surface area contributed by atoms with Gasteiger partial charge in [0.2, 0.25) is 0 Å². The van der Waals surface area contributed by atoms with E-state index in [1.165, 1.54) is 21.5 Å². The SMILES string of the molecule is Cc1nc(N2CCSC(C)C2C)sc1CNC(C)C. The van der Waals surface area contributed by atoms with Crippen LogP contribution in [0.2, 0.25) is 0 Å². The van der Waals surface area contributed by atoms with Crippen molar-refractivity contribution in [1.29, 1.82) is 0 Å². The van der Waals surface area contributed by atoms with Crippen molar-refractivity contribution >= 4 is 28.2 Å². The molecule has 2 rings (SSSR count). The van der Waals surface area contributed by atoms with Crippen LogP contribution in [-0.4, -0.2) is 34.6 Å². The normalized spacial score (nSPS) is 24.2. The van der Waals surface area contributed by atoms with Crippen LogP contribution >= 0.6 is 23.1 Å². The zero-order valence-corrected chi connectivity index (χ0v) is 14.2. The molecule has 0 radical (unpaired) electrons. The number of nitrogens with zero attached hydrogens (tertiary/aromatic N) is 2. The summed E-state index contributed by atoms with van der Waals surface area (Å²) in [5.41, 5.74) is 1.19. The Kier molecular flexibility index (Phi) is 5.15. The van der Waals surface area contributed by atoms with Crippen LogP contribution in [0, 0.1) is 6.92 Å². The van der Waals surface area contributed by atoms with Crippen molar-refractivity contribution in [3.05, 3.63) is 10.6 Å². The Bertz CT molecular complexity index is 417. The van der Waals surface area contributed by atoms with Crippen molar-refractivity contribution in [2.24, 2.45) is 0 Å². The zero-order valence-electron chi connectivity index (χ0n) is 12.6. The van der Waals surface area contributed by atoms with Crippen molar-refractivity contribution in [3.63, 3.8) is 0 Å². The molecular weight excluding hydrogens is 274 g/mol. The average Bonchev–Trinajstić information content (AvgIpc) is 2.71. The first-order valence-electron chi connectivity index (χ1n) is 7.07. The Balaban J connectivity index is 2.10. The first kappa shape index (κ1) is 15.1. The number of anilines is 1. The molecule has 5 heteroatoms. The lowest BCUT2D eigenvalue weighted by Gasteiger charge is -2.37. The van der Waals surface area contributed by atoms with Crippen LogP contribution in [-0.2, 0) is 6.54 Å². The maximum absolute atomic E-state index is 4.79. The van der Waals surface area contributed by atoms with Crippen LogP contribution in [0.3, 0.4) is 0 Å². The number of thioether (sulfide) groups is 1. The van der Waals surface area contributed by atoms with E-state index in [0.29, 0.717) is 17.3 Å². The molecule has 2 atom stereocenters. The minimum atomic E-state index is 0.523. The molecule has 0 bridgehead atoms. The molecule has 108 valence electrons. The Morgan fingerprint density at radius 3 is 2.84 bits per heavy atom. The van der Waals surface area contributed by atoms with Gasteiger partial charge in [0.15, 0.2) is 5.13 Å². The standard InChI is InChI=1S/C14H25N3S2/c1-9(2)15-8-13-10(3)16-14(19-13)17-6-7-18-12(5)11(17)4/h9,11-12,15H,6-8H2,1-5H3. The number of nitrogens with one attached hydrogen (secondary N) is 1. The fourth-order valence-corrected chi connectivity index (χ4v) is 4.43. The molecule has 1 aliphatic heterocycles. The molecule has 0 spiro atoms. The molecule has 3 nitrogen and oxygen atoms in total. The molecule has 0 saturated carbocycles. The van der Waals surface area contributed by atoms with Gasteiger partial charge in [0.25, 0.3) is 0 Å². The van der Waals surface area contributed by atoms with Gasteiger partial charge in [-0.25, -0.2) is 4.98 Å². The Morgan fingerprint density at radius 1 is 1.42 bits per heavy atom. The van der Waals surface area contributed by atoms with Crippen LogP contribution in [0.1, 0.15) is 38.3 Å². The van der Waals surface area contributed by atoms with Crippen molar-refractivity contribution in [3.8, 4) is 0 Å². The van der Waals surface area contributed by atoms with Crippen molar-refractivity contribution < 1.29 is 0 Å². The van der Waals surface area contributed by atoms with Gasteiger partial charge in [-0.2, -0.15) is 11.8 Å². The number of aromatic nitrogens is 1. The largest absolute Gasteiger partial charge is 0.343 e. The van der Waals surface area contributed by atoms with E-state index in [9.17, 15) is 0 Å². The van der Waals surface area contributed by atoms with Gasteiger partial charge in [0, 0.05) is 41.1 Å². The van der Waals surface area contributed by atoms with E-state index in [0.717, 1.165) is 13.1 Å². The Hall–Kier alpha value is -0.260. The molecule has 0 aromatic carbocycles. The average molecular weight is 300 g/mol. The van der Waals surface area contributed by atoms with Crippen LogP contribution in [0.25, 0.3) is 0 Å². The van der Waals surface area contributed by atoms with Crippen LogP contribution in [0.15, 0.2) is 0 Å². The van der Waals surface area contributed by atoms with Crippen LogP contribution < -0.4 is 10.2 Å². The van der Waals surface area contributed by atoms with Crippen molar-refractivity contribution in [2.45, 2.75) is 58.5 Å². The van der Waals surface area contributed by atoms with Gasteiger partial charge in [-0.1, -0.05) is 20.8 Å². The lowest BCUT2D eigenvalue weighted by Crippen LogP contribution is -2.44. The molecule has 2 unspecified atom stereocenters. The second-order valence-corrected chi connectivity index (χ2v) is 8.10. The summed E-state index contributed by atoms with van der Waals surface area (Å²) in [6.07, 6.45) is 0. The molecule has 1 N–H and O–H groups in total. The van der Waals surface area contributed by atoms with E-state index in [1.54, 1.807) is 0 Å².